The number of hydrogen-bond donors (Lipinski definition) is 0. The predicted molar refractivity (Wildman–Crippen MR) is 76.1 cm³/mol. The Morgan fingerprint density at radius 2 is 2.05 bits per heavy atom. The number of nitriles is 1. The lowest BCUT2D eigenvalue weighted by Crippen LogP contribution is -2.23. The first-order chi connectivity index (χ1) is 9.72. The topological polar surface area (TPSA) is 66.0 Å². The minimum atomic E-state index is 0.461. The van der Waals surface area contributed by atoms with Gasteiger partial charge in [-0.25, -0.2) is 0 Å². The van der Waals surface area contributed by atoms with Crippen molar-refractivity contribution in [1.82, 2.24) is 10.1 Å². The monoisotopic (exact) mass is 270 g/mol. The van der Waals surface area contributed by atoms with Crippen molar-refractivity contribution in [3.05, 3.63) is 41.5 Å². The fourth-order valence-electron chi connectivity index (χ4n) is 1.90. The van der Waals surface area contributed by atoms with Gasteiger partial charge < -0.3 is 9.42 Å². The highest BCUT2D eigenvalue weighted by molar-refractivity contribution is 5.47. The van der Waals surface area contributed by atoms with Gasteiger partial charge in [-0.05, 0) is 19.1 Å². The van der Waals surface area contributed by atoms with Crippen molar-refractivity contribution in [2.24, 2.45) is 0 Å². The lowest BCUT2D eigenvalue weighted by molar-refractivity contribution is 0.371. The Kier molecular flexibility index (Phi) is 4.72. The Bertz CT molecular complexity index is 583. The Balaban J connectivity index is 2.14. The molecule has 0 aliphatic rings. The van der Waals surface area contributed by atoms with Gasteiger partial charge in [-0.2, -0.15) is 10.2 Å². The van der Waals surface area contributed by atoms with Crippen molar-refractivity contribution in [3.63, 3.8) is 0 Å². The van der Waals surface area contributed by atoms with E-state index in [9.17, 15) is 0 Å². The number of aromatic nitrogens is 2. The summed E-state index contributed by atoms with van der Waals surface area (Å²) in [5.74, 6) is 1.30. The quantitative estimate of drug-likeness (QED) is 0.807. The molecule has 0 N–H and O–H groups in total. The minimum Gasteiger partial charge on any atom is -0.361 e. The first kappa shape index (κ1) is 14.1. The number of nitrogens with zero attached hydrogens (tertiary/aromatic N) is 4. The van der Waals surface area contributed by atoms with Crippen LogP contribution in [0.4, 0.5) is 5.69 Å². The summed E-state index contributed by atoms with van der Waals surface area (Å²) in [6.45, 7) is 5.21. The second kappa shape index (κ2) is 6.71. The lowest BCUT2D eigenvalue weighted by Gasteiger charge is -2.22. The highest BCUT2D eigenvalue weighted by Gasteiger charge is 2.12. The van der Waals surface area contributed by atoms with Gasteiger partial charge in [0.05, 0.1) is 19.0 Å². The zero-order valence-electron chi connectivity index (χ0n) is 11.8. The molecule has 0 bridgehead atoms. The van der Waals surface area contributed by atoms with Gasteiger partial charge in [0, 0.05) is 18.7 Å². The zero-order valence-corrected chi connectivity index (χ0v) is 11.8. The van der Waals surface area contributed by atoms with Crippen molar-refractivity contribution in [2.75, 3.05) is 11.4 Å². The van der Waals surface area contributed by atoms with E-state index in [-0.39, 0.29) is 0 Å². The summed E-state index contributed by atoms with van der Waals surface area (Å²) >= 11 is 0. The Morgan fingerprint density at radius 3 is 2.65 bits per heavy atom. The molecule has 5 nitrogen and oxygen atoms in total. The number of aryl methyl sites for hydroxylation is 2. The van der Waals surface area contributed by atoms with Gasteiger partial charge in [-0.15, -0.1) is 0 Å². The maximum absolute atomic E-state index is 8.79. The maximum Gasteiger partial charge on any atom is 0.246 e. The Labute approximate surface area is 118 Å². The molecule has 5 heteroatoms. The maximum atomic E-state index is 8.79. The number of hydrogen-bond acceptors (Lipinski definition) is 5. The summed E-state index contributed by atoms with van der Waals surface area (Å²) in [5, 5.41) is 12.7. The van der Waals surface area contributed by atoms with Crippen LogP contribution in [0, 0.1) is 18.3 Å². The van der Waals surface area contributed by atoms with Gasteiger partial charge in [-0.1, -0.05) is 29.8 Å². The van der Waals surface area contributed by atoms with Crippen LogP contribution in [-0.4, -0.2) is 16.7 Å². The molecule has 0 unspecified atom stereocenters. The third-order valence-electron chi connectivity index (χ3n) is 3.05. The summed E-state index contributed by atoms with van der Waals surface area (Å²) in [6.07, 6.45) is 1.22. The lowest BCUT2D eigenvalue weighted by atomic mass is 10.2. The van der Waals surface area contributed by atoms with Gasteiger partial charge in [0.15, 0.2) is 5.82 Å². The first-order valence-electron chi connectivity index (χ1n) is 6.73. The molecule has 0 spiro atoms. The van der Waals surface area contributed by atoms with Crippen LogP contribution in [0.5, 0.6) is 0 Å². The molecule has 0 fully saturated rings. The highest BCUT2D eigenvalue weighted by Crippen LogP contribution is 2.18. The van der Waals surface area contributed by atoms with Crippen LogP contribution in [0.2, 0.25) is 0 Å². The van der Waals surface area contributed by atoms with Crippen LogP contribution in [0.15, 0.2) is 28.8 Å². The van der Waals surface area contributed by atoms with Gasteiger partial charge in [0.1, 0.15) is 0 Å². The van der Waals surface area contributed by atoms with E-state index >= 15 is 0 Å². The minimum absolute atomic E-state index is 0.461. The second-order valence-electron chi connectivity index (χ2n) is 4.62. The smallest absolute Gasteiger partial charge is 0.246 e. The van der Waals surface area contributed by atoms with E-state index in [4.69, 9.17) is 9.78 Å². The van der Waals surface area contributed by atoms with Gasteiger partial charge in [-0.3, -0.25) is 0 Å². The van der Waals surface area contributed by atoms with Gasteiger partial charge >= 0.3 is 0 Å². The summed E-state index contributed by atoms with van der Waals surface area (Å²) < 4.78 is 5.23. The third-order valence-corrected chi connectivity index (χ3v) is 3.05. The van der Waals surface area contributed by atoms with Crippen molar-refractivity contribution in [1.29, 1.82) is 5.26 Å². The molecule has 0 saturated heterocycles. The van der Waals surface area contributed by atoms with E-state index in [0.29, 0.717) is 31.2 Å². The standard InChI is InChI=1S/C15H18N4O/c1-3-14-17-15(20-18-14)11-19(10-4-9-16)13-7-5-12(2)6-8-13/h5-8H,3-4,10-11H2,1-2H3. The van der Waals surface area contributed by atoms with Crippen molar-refractivity contribution >= 4 is 5.69 Å². The molecule has 2 aromatic rings. The molecule has 0 aliphatic heterocycles. The molecule has 20 heavy (non-hydrogen) atoms. The van der Waals surface area contributed by atoms with Crippen LogP contribution in [0.25, 0.3) is 0 Å². The fourth-order valence-corrected chi connectivity index (χ4v) is 1.90. The van der Waals surface area contributed by atoms with E-state index in [2.05, 4.69) is 40.2 Å². The van der Waals surface area contributed by atoms with Crippen LogP contribution < -0.4 is 4.90 Å². The predicted octanol–water partition coefficient (Wildman–Crippen LogP) is 2.86. The molecule has 1 aromatic carbocycles. The van der Waals surface area contributed by atoms with E-state index in [1.807, 2.05) is 19.1 Å². The molecule has 0 aliphatic carbocycles. The number of rotatable bonds is 6. The van der Waals surface area contributed by atoms with Crippen molar-refractivity contribution < 1.29 is 4.52 Å². The molecular weight excluding hydrogens is 252 g/mol. The van der Waals surface area contributed by atoms with Gasteiger partial charge in [0.2, 0.25) is 5.89 Å². The van der Waals surface area contributed by atoms with E-state index in [1.54, 1.807) is 0 Å². The molecule has 0 amide bonds. The third kappa shape index (κ3) is 3.58. The fraction of sp³-hybridized carbons (Fsp3) is 0.400. The van der Waals surface area contributed by atoms with E-state index in [0.717, 1.165) is 12.1 Å². The molecule has 0 radical (unpaired) electrons. The average molecular weight is 270 g/mol. The van der Waals surface area contributed by atoms with Crippen LogP contribution in [0.1, 0.15) is 30.6 Å². The Hall–Kier alpha value is -2.35. The normalized spacial score (nSPS) is 10.2. The zero-order chi connectivity index (χ0) is 14.4. The van der Waals surface area contributed by atoms with E-state index < -0.39 is 0 Å². The summed E-state index contributed by atoms with van der Waals surface area (Å²) in [6, 6.07) is 10.4. The molecule has 2 rings (SSSR count). The van der Waals surface area contributed by atoms with Crippen LogP contribution in [-0.2, 0) is 13.0 Å². The summed E-state index contributed by atoms with van der Waals surface area (Å²) in [5.41, 5.74) is 2.27. The second-order valence-corrected chi connectivity index (χ2v) is 4.62. The molecule has 1 heterocycles. The average Bonchev–Trinajstić information content (AvgIpc) is 2.92. The van der Waals surface area contributed by atoms with Crippen LogP contribution >= 0.6 is 0 Å². The van der Waals surface area contributed by atoms with Crippen LogP contribution in [0.3, 0.4) is 0 Å². The summed E-state index contributed by atoms with van der Waals surface area (Å²) in [4.78, 5) is 6.40. The Morgan fingerprint density at radius 1 is 1.30 bits per heavy atom. The van der Waals surface area contributed by atoms with Gasteiger partial charge in [0.25, 0.3) is 0 Å². The molecule has 104 valence electrons. The molecular formula is C15H18N4O. The summed E-state index contributed by atoms with van der Waals surface area (Å²) in [7, 11) is 0. The molecule has 0 atom stereocenters. The highest BCUT2D eigenvalue weighted by atomic mass is 16.5. The van der Waals surface area contributed by atoms with Crippen molar-refractivity contribution in [3.8, 4) is 6.07 Å². The molecule has 1 aromatic heterocycles. The number of anilines is 1. The van der Waals surface area contributed by atoms with Crippen molar-refractivity contribution in [2.45, 2.75) is 33.2 Å². The molecule has 0 saturated carbocycles. The first-order valence-corrected chi connectivity index (χ1v) is 6.73. The van der Waals surface area contributed by atoms with E-state index in [1.165, 1.54) is 5.56 Å². The largest absolute Gasteiger partial charge is 0.361 e. The number of benzene rings is 1. The SMILES string of the molecule is CCc1noc(CN(CCC#N)c2ccc(C)cc2)n1.